The number of hydrogen-bond acceptors (Lipinski definition) is 3. The van der Waals surface area contributed by atoms with Crippen molar-refractivity contribution in [2.24, 2.45) is 5.92 Å². The summed E-state index contributed by atoms with van der Waals surface area (Å²) in [5, 5.41) is 14.0. The summed E-state index contributed by atoms with van der Waals surface area (Å²) >= 11 is 0. The Morgan fingerprint density at radius 2 is 1.84 bits per heavy atom. The lowest BCUT2D eigenvalue weighted by Crippen LogP contribution is -2.04. The van der Waals surface area contributed by atoms with Gasteiger partial charge in [0.1, 0.15) is 5.69 Å². The molecule has 1 aromatic carbocycles. The molecule has 4 nitrogen and oxygen atoms in total. The predicted octanol–water partition coefficient (Wildman–Crippen LogP) is 4.61. The summed E-state index contributed by atoms with van der Waals surface area (Å²) in [5.74, 6) is 0.782. The Morgan fingerprint density at radius 1 is 1.16 bits per heavy atom. The molecule has 0 heterocycles. The molecule has 1 rings (SSSR count). The van der Waals surface area contributed by atoms with Crippen molar-refractivity contribution in [1.82, 2.24) is 0 Å². The van der Waals surface area contributed by atoms with Crippen LogP contribution in [0.15, 0.2) is 24.3 Å². The van der Waals surface area contributed by atoms with E-state index in [4.69, 9.17) is 0 Å². The number of rotatable bonds is 9. The van der Waals surface area contributed by atoms with Gasteiger partial charge in [0.25, 0.3) is 5.69 Å². The number of para-hydroxylation sites is 2. The van der Waals surface area contributed by atoms with E-state index in [0.29, 0.717) is 5.69 Å². The smallest absolute Gasteiger partial charge is 0.292 e. The average molecular weight is 264 g/mol. The molecule has 1 aromatic rings. The minimum absolute atomic E-state index is 0.155. The zero-order valence-electron chi connectivity index (χ0n) is 11.9. The van der Waals surface area contributed by atoms with Crippen LogP contribution in [-0.2, 0) is 0 Å². The molecule has 0 radical (unpaired) electrons. The lowest BCUT2D eigenvalue weighted by atomic mass is 10.0. The third kappa shape index (κ3) is 6.22. The van der Waals surface area contributed by atoms with Crippen LogP contribution in [-0.4, -0.2) is 11.5 Å². The second kappa shape index (κ2) is 8.51. The summed E-state index contributed by atoms with van der Waals surface area (Å²) in [6.07, 6.45) is 6.06. The molecule has 0 bridgehead atoms. The Labute approximate surface area is 115 Å². The van der Waals surface area contributed by atoms with E-state index in [1.54, 1.807) is 12.1 Å². The van der Waals surface area contributed by atoms with Crippen LogP contribution in [0.5, 0.6) is 0 Å². The molecule has 4 heteroatoms. The molecule has 0 aliphatic carbocycles. The minimum atomic E-state index is -0.342. The zero-order valence-corrected chi connectivity index (χ0v) is 11.9. The van der Waals surface area contributed by atoms with Crippen molar-refractivity contribution in [3.8, 4) is 0 Å². The Bertz CT molecular complexity index is 391. The van der Waals surface area contributed by atoms with Crippen LogP contribution < -0.4 is 5.32 Å². The fourth-order valence-electron chi connectivity index (χ4n) is 2.04. The lowest BCUT2D eigenvalue weighted by Gasteiger charge is -2.07. The van der Waals surface area contributed by atoms with Gasteiger partial charge in [0.05, 0.1) is 4.92 Å². The van der Waals surface area contributed by atoms with E-state index >= 15 is 0 Å². The van der Waals surface area contributed by atoms with E-state index < -0.39 is 0 Å². The van der Waals surface area contributed by atoms with Gasteiger partial charge in [0, 0.05) is 12.6 Å². The van der Waals surface area contributed by atoms with Crippen molar-refractivity contribution in [3.05, 3.63) is 34.4 Å². The molecule has 0 aliphatic heterocycles. The van der Waals surface area contributed by atoms with Gasteiger partial charge in [-0.15, -0.1) is 0 Å². The third-order valence-electron chi connectivity index (χ3n) is 3.12. The highest BCUT2D eigenvalue weighted by molar-refractivity contribution is 5.60. The van der Waals surface area contributed by atoms with Crippen LogP contribution in [0, 0.1) is 16.0 Å². The minimum Gasteiger partial charge on any atom is -0.379 e. The van der Waals surface area contributed by atoms with Gasteiger partial charge in [-0.05, 0) is 18.4 Å². The molecule has 19 heavy (non-hydrogen) atoms. The summed E-state index contributed by atoms with van der Waals surface area (Å²) in [7, 11) is 0. The maximum absolute atomic E-state index is 10.8. The lowest BCUT2D eigenvalue weighted by molar-refractivity contribution is -0.384. The van der Waals surface area contributed by atoms with Crippen LogP contribution in [0.1, 0.15) is 46.0 Å². The van der Waals surface area contributed by atoms with E-state index in [9.17, 15) is 10.1 Å². The third-order valence-corrected chi connectivity index (χ3v) is 3.12. The molecule has 0 amide bonds. The SMILES string of the molecule is CC(C)CCCCCCNc1ccccc1[N+](=O)[O-]. The van der Waals surface area contributed by atoms with Gasteiger partial charge in [-0.1, -0.05) is 51.7 Å². The van der Waals surface area contributed by atoms with Crippen LogP contribution in [0.25, 0.3) is 0 Å². The number of benzene rings is 1. The molecule has 0 aromatic heterocycles. The molecule has 0 unspecified atom stereocenters. The van der Waals surface area contributed by atoms with Crippen LogP contribution >= 0.6 is 0 Å². The highest BCUT2D eigenvalue weighted by Crippen LogP contribution is 2.23. The fraction of sp³-hybridized carbons (Fsp3) is 0.600. The van der Waals surface area contributed by atoms with E-state index in [1.165, 1.54) is 31.7 Å². The maximum atomic E-state index is 10.8. The first-order valence-corrected chi connectivity index (χ1v) is 7.08. The second-order valence-corrected chi connectivity index (χ2v) is 5.30. The first-order chi connectivity index (χ1) is 9.11. The number of hydrogen-bond donors (Lipinski definition) is 1. The van der Waals surface area contributed by atoms with Gasteiger partial charge in [0.2, 0.25) is 0 Å². The second-order valence-electron chi connectivity index (χ2n) is 5.30. The number of nitro benzene ring substituents is 1. The maximum Gasteiger partial charge on any atom is 0.292 e. The molecular formula is C15H24N2O2. The Morgan fingerprint density at radius 3 is 2.53 bits per heavy atom. The van der Waals surface area contributed by atoms with E-state index in [-0.39, 0.29) is 10.6 Å². The van der Waals surface area contributed by atoms with Gasteiger partial charge >= 0.3 is 0 Å². The van der Waals surface area contributed by atoms with Crippen LogP contribution in [0.4, 0.5) is 11.4 Å². The summed E-state index contributed by atoms with van der Waals surface area (Å²) < 4.78 is 0. The number of nitrogens with zero attached hydrogens (tertiary/aromatic N) is 1. The Kier molecular flexibility index (Phi) is 6.93. The quantitative estimate of drug-likeness (QED) is 0.402. The summed E-state index contributed by atoms with van der Waals surface area (Å²) in [4.78, 5) is 10.5. The van der Waals surface area contributed by atoms with Crippen molar-refractivity contribution in [2.75, 3.05) is 11.9 Å². The highest BCUT2D eigenvalue weighted by Gasteiger charge is 2.10. The standard InChI is InChI=1S/C15H24N2O2/c1-13(2)9-5-3-4-8-12-16-14-10-6-7-11-15(14)17(18)19/h6-7,10-11,13,16H,3-5,8-9,12H2,1-2H3. The number of nitrogens with one attached hydrogen (secondary N) is 1. The van der Waals surface area contributed by atoms with Crippen molar-refractivity contribution in [2.45, 2.75) is 46.0 Å². The fourth-order valence-corrected chi connectivity index (χ4v) is 2.04. The molecular weight excluding hydrogens is 240 g/mol. The van der Waals surface area contributed by atoms with E-state index in [2.05, 4.69) is 19.2 Å². The topological polar surface area (TPSA) is 55.2 Å². The molecule has 0 aliphatic rings. The summed E-state index contributed by atoms with van der Waals surface area (Å²) in [6.45, 7) is 5.29. The van der Waals surface area contributed by atoms with Gasteiger partial charge in [-0.2, -0.15) is 0 Å². The molecule has 0 spiro atoms. The summed E-state index contributed by atoms with van der Waals surface area (Å²) in [5.41, 5.74) is 0.775. The number of anilines is 1. The highest BCUT2D eigenvalue weighted by atomic mass is 16.6. The zero-order chi connectivity index (χ0) is 14.1. The van der Waals surface area contributed by atoms with Crippen LogP contribution in [0.3, 0.4) is 0 Å². The van der Waals surface area contributed by atoms with Gasteiger partial charge in [-0.25, -0.2) is 0 Å². The molecule has 0 atom stereocenters. The molecule has 1 N–H and O–H groups in total. The Hall–Kier alpha value is -1.58. The van der Waals surface area contributed by atoms with Crippen molar-refractivity contribution in [1.29, 1.82) is 0 Å². The summed E-state index contributed by atoms with van der Waals surface area (Å²) in [6, 6.07) is 6.80. The number of nitro groups is 1. The van der Waals surface area contributed by atoms with Crippen molar-refractivity contribution < 1.29 is 4.92 Å². The molecule has 0 saturated heterocycles. The first-order valence-electron chi connectivity index (χ1n) is 7.08. The van der Waals surface area contributed by atoms with Gasteiger partial charge < -0.3 is 5.32 Å². The molecule has 106 valence electrons. The average Bonchev–Trinajstić information content (AvgIpc) is 2.37. The van der Waals surface area contributed by atoms with Crippen molar-refractivity contribution in [3.63, 3.8) is 0 Å². The molecule has 0 fully saturated rings. The monoisotopic (exact) mass is 264 g/mol. The predicted molar refractivity (Wildman–Crippen MR) is 79.5 cm³/mol. The Balaban J connectivity index is 2.21. The number of unbranched alkanes of at least 4 members (excludes halogenated alkanes) is 3. The van der Waals surface area contributed by atoms with E-state index in [1.807, 2.05) is 6.07 Å². The normalized spacial score (nSPS) is 10.7. The van der Waals surface area contributed by atoms with Gasteiger partial charge in [-0.3, -0.25) is 10.1 Å². The molecule has 0 saturated carbocycles. The van der Waals surface area contributed by atoms with Crippen molar-refractivity contribution >= 4 is 11.4 Å². The van der Waals surface area contributed by atoms with E-state index in [0.717, 1.165) is 18.9 Å². The first kappa shape index (κ1) is 15.5. The van der Waals surface area contributed by atoms with Gasteiger partial charge in [0.15, 0.2) is 0 Å². The van der Waals surface area contributed by atoms with Crippen LogP contribution in [0.2, 0.25) is 0 Å². The largest absolute Gasteiger partial charge is 0.379 e.